The fraction of sp³-hybridized carbons (Fsp3) is 0.675. The van der Waals surface area contributed by atoms with Crippen LogP contribution in [0.25, 0.3) is 0 Å². The summed E-state index contributed by atoms with van der Waals surface area (Å²) in [6.07, 6.45) is -3.69. The van der Waals surface area contributed by atoms with Crippen molar-refractivity contribution in [2.75, 3.05) is 13.7 Å². The summed E-state index contributed by atoms with van der Waals surface area (Å²) in [6, 6.07) is 4.02. The molecule has 1 aromatic carbocycles. The lowest BCUT2D eigenvalue weighted by Gasteiger charge is -2.53. The van der Waals surface area contributed by atoms with E-state index in [0.29, 0.717) is 11.5 Å². The first-order valence-corrected chi connectivity index (χ1v) is 19.0. The molecule has 1 aromatic rings. The molecule has 6 rings (SSSR count). The summed E-state index contributed by atoms with van der Waals surface area (Å²) in [5.41, 5.74) is 0.767. The minimum absolute atomic E-state index is 0. The SMILES string of the molecule is COC(=O)[C@H]1O[C@@H](O[C@H]2C=C[C@H]3[C@H]4Cc5ccc(OC(=O)C(C)(C)C)c6c5[C@@]3(CC[NH2+]4)[C@H]2O6)[C@H](OC(=O)C(C)C)[C@@H](OC(=O)C(C)C)[C@@H]1OC(=O)C(C)C.[Cl-]. The van der Waals surface area contributed by atoms with E-state index in [-0.39, 0.29) is 24.4 Å². The van der Waals surface area contributed by atoms with E-state index in [1.807, 2.05) is 12.1 Å². The molecule has 2 fully saturated rings. The Bertz CT molecular complexity index is 1700. The van der Waals surface area contributed by atoms with E-state index >= 15 is 0 Å². The van der Waals surface area contributed by atoms with Crippen molar-refractivity contribution in [3.63, 3.8) is 0 Å². The molecule has 2 N–H and O–H groups in total. The molecule has 0 saturated carbocycles. The number of carbonyl (C=O) groups is 5. The molecule has 55 heavy (non-hydrogen) atoms. The van der Waals surface area contributed by atoms with Crippen LogP contribution in [0.2, 0.25) is 0 Å². The van der Waals surface area contributed by atoms with Gasteiger partial charge in [0.25, 0.3) is 0 Å². The number of nitrogens with two attached hydrogens (primary N) is 1. The number of piperidine rings is 1. The van der Waals surface area contributed by atoms with Gasteiger partial charge in [-0.1, -0.05) is 59.8 Å². The number of halogens is 1. The van der Waals surface area contributed by atoms with E-state index in [0.717, 1.165) is 37.6 Å². The molecule has 5 aliphatic rings. The highest BCUT2D eigenvalue weighted by Crippen LogP contribution is 2.61. The molecule has 3 heterocycles. The number of quaternary nitrogens is 1. The van der Waals surface area contributed by atoms with Crippen LogP contribution in [0.15, 0.2) is 24.3 Å². The molecule has 1 spiro atoms. The van der Waals surface area contributed by atoms with Crippen molar-refractivity contribution in [2.24, 2.45) is 29.1 Å². The van der Waals surface area contributed by atoms with Crippen molar-refractivity contribution in [3.05, 3.63) is 35.4 Å². The largest absolute Gasteiger partial charge is 1.00 e. The van der Waals surface area contributed by atoms with Crippen molar-refractivity contribution in [3.8, 4) is 11.5 Å². The van der Waals surface area contributed by atoms with E-state index in [1.54, 1.807) is 68.4 Å². The van der Waals surface area contributed by atoms with Crippen molar-refractivity contribution < 1.29 is 79.6 Å². The number of esters is 5. The topological polar surface area (TPSA) is 176 Å². The Balaban J connectivity index is 0.00000580. The Hall–Kier alpha value is -3.72. The van der Waals surface area contributed by atoms with E-state index in [9.17, 15) is 24.0 Å². The van der Waals surface area contributed by atoms with Crippen LogP contribution in [0.5, 0.6) is 11.5 Å². The molecule has 15 heteroatoms. The molecule has 3 aliphatic heterocycles. The minimum atomic E-state index is -1.62. The summed E-state index contributed by atoms with van der Waals surface area (Å²) >= 11 is 0. The monoisotopic (exact) mass is 791 g/mol. The smallest absolute Gasteiger partial charge is 0.339 e. The first-order chi connectivity index (χ1) is 25.4. The van der Waals surface area contributed by atoms with E-state index in [4.69, 9.17) is 37.9 Å². The number of benzene rings is 1. The second kappa shape index (κ2) is 16.0. The maximum Gasteiger partial charge on any atom is 0.339 e. The predicted octanol–water partition coefficient (Wildman–Crippen LogP) is -0.295. The lowest BCUT2D eigenvalue weighted by molar-refractivity contribution is -0.708. The summed E-state index contributed by atoms with van der Waals surface area (Å²) in [5, 5.41) is 2.35. The molecule has 10 atom stereocenters. The fourth-order valence-electron chi connectivity index (χ4n) is 8.13. The van der Waals surface area contributed by atoms with Gasteiger partial charge in [-0.25, -0.2) is 4.79 Å². The molecule has 0 unspecified atom stereocenters. The van der Waals surface area contributed by atoms with Gasteiger partial charge in [-0.15, -0.1) is 0 Å². The zero-order valence-electron chi connectivity index (χ0n) is 33.1. The molecule has 2 saturated heterocycles. The van der Waals surface area contributed by atoms with E-state index in [1.165, 1.54) is 0 Å². The van der Waals surface area contributed by atoms with Crippen molar-refractivity contribution in [1.29, 1.82) is 0 Å². The predicted molar refractivity (Wildman–Crippen MR) is 189 cm³/mol. The third-order valence-electron chi connectivity index (χ3n) is 11.0. The molecule has 2 aliphatic carbocycles. The van der Waals surface area contributed by atoms with Gasteiger partial charge in [0.1, 0.15) is 12.2 Å². The van der Waals surface area contributed by atoms with Gasteiger partial charge in [-0.2, -0.15) is 0 Å². The van der Waals surface area contributed by atoms with Crippen molar-refractivity contribution >= 4 is 29.8 Å². The van der Waals surface area contributed by atoms with E-state index in [2.05, 4.69) is 11.4 Å². The van der Waals surface area contributed by atoms with Crippen molar-refractivity contribution in [2.45, 2.75) is 130 Å². The maximum atomic E-state index is 13.4. The van der Waals surface area contributed by atoms with Gasteiger partial charge in [-0.05, 0) is 32.4 Å². The van der Waals surface area contributed by atoms with Crippen LogP contribution in [-0.2, 0) is 64.2 Å². The minimum Gasteiger partial charge on any atom is -1.00 e. The maximum absolute atomic E-state index is 13.4. The van der Waals surface area contributed by atoms with Gasteiger partial charge in [0.15, 0.2) is 35.9 Å². The number of hydrogen-bond acceptors (Lipinski definition) is 13. The second-order valence-corrected chi connectivity index (χ2v) is 16.9. The molecular weight excluding hydrogens is 738 g/mol. The molecule has 0 aromatic heterocycles. The molecule has 14 nitrogen and oxygen atoms in total. The summed E-state index contributed by atoms with van der Waals surface area (Å²) < 4.78 is 48.7. The highest BCUT2D eigenvalue weighted by atomic mass is 35.5. The number of ether oxygens (including phenoxy) is 8. The van der Waals surface area contributed by atoms with Crippen LogP contribution in [0.1, 0.15) is 79.9 Å². The molecular formula is C40H54ClNO13. The fourth-order valence-corrected chi connectivity index (χ4v) is 8.13. The lowest BCUT2D eigenvalue weighted by Crippen LogP contribution is -3.00. The average Bonchev–Trinajstić information content (AvgIpc) is 3.45. The molecule has 0 amide bonds. The molecule has 0 radical (unpaired) electrons. The third kappa shape index (κ3) is 7.71. The Morgan fingerprint density at radius 3 is 2.04 bits per heavy atom. The number of rotatable bonds is 10. The van der Waals surface area contributed by atoms with Crippen LogP contribution < -0.4 is 27.2 Å². The van der Waals surface area contributed by atoms with E-state index < -0.39 is 101 Å². The summed E-state index contributed by atoms with van der Waals surface area (Å²) in [4.78, 5) is 66.1. The second-order valence-electron chi connectivity index (χ2n) is 16.9. The van der Waals surface area contributed by atoms with Crippen LogP contribution in [-0.4, -0.2) is 92.5 Å². The molecule has 2 bridgehead atoms. The lowest BCUT2D eigenvalue weighted by atomic mass is 9.53. The average molecular weight is 792 g/mol. The first-order valence-electron chi connectivity index (χ1n) is 19.0. The Kier molecular flexibility index (Phi) is 12.4. The van der Waals surface area contributed by atoms with Crippen LogP contribution in [0.4, 0.5) is 0 Å². The Morgan fingerprint density at radius 1 is 0.855 bits per heavy atom. The number of hydrogen-bond donors (Lipinski definition) is 1. The van der Waals surface area contributed by atoms with Crippen molar-refractivity contribution in [1.82, 2.24) is 0 Å². The van der Waals surface area contributed by atoms with Gasteiger partial charge in [-0.3, -0.25) is 19.2 Å². The zero-order chi connectivity index (χ0) is 39.4. The zero-order valence-corrected chi connectivity index (χ0v) is 33.9. The number of carbonyl (C=O) groups excluding carboxylic acids is 5. The van der Waals surface area contributed by atoms with Gasteiger partial charge < -0.3 is 55.6 Å². The Morgan fingerprint density at radius 2 is 1.45 bits per heavy atom. The van der Waals surface area contributed by atoms with Gasteiger partial charge in [0, 0.05) is 24.3 Å². The van der Waals surface area contributed by atoms with Crippen LogP contribution >= 0.6 is 0 Å². The third-order valence-corrected chi connectivity index (χ3v) is 11.0. The highest BCUT2D eigenvalue weighted by Gasteiger charge is 2.66. The summed E-state index contributed by atoms with van der Waals surface area (Å²) in [6.45, 7) is 15.9. The summed E-state index contributed by atoms with van der Waals surface area (Å²) in [5.74, 6) is -4.38. The first kappa shape index (κ1) is 42.4. The van der Waals surface area contributed by atoms with Gasteiger partial charge in [0.05, 0.1) is 48.3 Å². The standard InChI is InChI=1S/C40H53NO13.ClH/c1-18(2)33(42)51-28-29(52-34(43)19(3)4)31(53-35(44)20(5)6)37(54-30(28)36(45)47-10)48-25-14-12-22-23-17-21-11-13-24(49-38(46)39(7,8)9)27-26(21)40(22,15-16-41-23)32(25)50-27;/h11-14,18-20,22-23,25,28-32,37,41H,15-17H2,1-10H3;1H/t22-,23+,25-,28-,29-,30-,31+,32-,37+,40-;/m0./s1. The Labute approximate surface area is 328 Å². The quantitative estimate of drug-likeness (QED) is 0.142. The van der Waals surface area contributed by atoms with Gasteiger partial charge in [0.2, 0.25) is 6.29 Å². The molecule has 304 valence electrons. The van der Waals surface area contributed by atoms with Gasteiger partial charge >= 0.3 is 29.8 Å². The van der Waals surface area contributed by atoms with Crippen LogP contribution in [0.3, 0.4) is 0 Å². The normalized spacial score (nSPS) is 31.5. The van der Waals surface area contributed by atoms with Crippen LogP contribution in [0, 0.1) is 29.1 Å². The number of methoxy groups -OCH3 is 1. The summed E-state index contributed by atoms with van der Waals surface area (Å²) in [7, 11) is 1.15. The highest BCUT2D eigenvalue weighted by molar-refractivity contribution is 5.80.